The number of hydrogen-bond acceptors (Lipinski definition) is 4. The number of guanidine groups is 1. The van der Waals surface area contributed by atoms with E-state index in [0.29, 0.717) is 25.5 Å². The van der Waals surface area contributed by atoms with Gasteiger partial charge in [0.1, 0.15) is 9.84 Å². The SMILES string of the molecule is CCNC(=NCc1ccccc1Cn1cccn1)NC(C)CCS(C)(=O)=O.I. The first-order valence-electron chi connectivity index (χ1n) is 9.14. The molecule has 0 aliphatic rings. The summed E-state index contributed by atoms with van der Waals surface area (Å²) in [4.78, 5) is 4.67. The van der Waals surface area contributed by atoms with Crippen LogP contribution in [0.15, 0.2) is 47.7 Å². The highest BCUT2D eigenvalue weighted by Crippen LogP contribution is 2.11. The van der Waals surface area contributed by atoms with E-state index in [-0.39, 0.29) is 35.8 Å². The van der Waals surface area contributed by atoms with Crippen molar-refractivity contribution < 1.29 is 8.42 Å². The van der Waals surface area contributed by atoms with Gasteiger partial charge in [-0.15, -0.1) is 24.0 Å². The van der Waals surface area contributed by atoms with Crippen LogP contribution in [0.25, 0.3) is 0 Å². The average molecular weight is 519 g/mol. The van der Waals surface area contributed by atoms with E-state index in [9.17, 15) is 8.42 Å². The normalized spacial score (nSPS) is 12.9. The second-order valence-electron chi connectivity index (χ2n) is 6.63. The van der Waals surface area contributed by atoms with Gasteiger partial charge < -0.3 is 10.6 Å². The number of halogens is 1. The molecule has 2 aromatic rings. The van der Waals surface area contributed by atoms with Crippen LogP contribution in [-0.2, 0) is 22.9 Å². The van der Waals surface area contributed by atoms with Gasteiger partial charge in [-0.25, -0.2) is 13.4 Å². The van der Waals surface area contributed by atoms with E-state index in [1.54, 1.807) is 6.20 Å². The Hall–Kier alpha value is -1.62. The number of hydrogen-bond donors (Lipinski definition) is 2. The third kappa shape index (κ3) is 9.05. The third-order valence-corrected chi connectivity index (χ3v) is 5.04. The summed E-state index contributed by atoms with van der Waals surface area (Å²) in [6, 6.07) is 10.1. The zero-order chi connectivity index (χ0) is 19.7. The third-order valence-electron chi connectivity index (χ3n) is 4.07. The Morgan fingerprint density at radius 2 is 1.96 bits per heavy atom. The van der Waals surface area contributed by atoms with E-state index in [4.69, 9.17) is 0 Å². The van der Waals surface area contributed by atoms with Crippen molar-refractivity contribution in [2.45, 2.75) is 39.4 Å². The average Bonchev–Trinajstić information content (AvgIpc) is 3.12. The molecule has 0 amide bonds. The predicted molar refractivity (Wildman–Crippen MR) is 125 cm³/mol. The second kappa shape index (κ2) is 12.1. The lowest BCUT2D eigenvalue weighted by atomic mass is 10.1. The molecule has 9 heteroatoms. The first kappa shape index (κ1) is 24.4. The number of aliphatic imine (C=N–C) groups is 1. The van der Waals surface area contributed by atoms with Crippen LogP contribution >= 0.6 is 24.0 Å². The fourth-order valence-electron chi connectivity index (χ4n) is 2.62. The monoisotopic (exact) mass is 519 g/mol. The first-order chi connectivity index (χ1) is 12.9. The Bertz CT molecular complexity index is 838. The molecule has 2 N–H and O–H groups in total. The minimum absolute atomic E-state index is 0. The Morgan fingerprint density at radius 1 is 1.25 bits per heavy atom. The van der Waals surface area contributed by atoms with E-state index in [0.717, 1.165) is 12.1 Å². The standard InChI is InChI=1S/C19H29N5O2S.HI/c1-4-20-19(23-16(2)10-13-27(3,25)26)21-14-17-8-5-6-9-18(17)15-24-12-7-11-22-24;/h5-9,11-12,16H,4,10,13-15H2,1-3H3,(H2,20,21,23);1H. The first-order valence-corrected chi connectivity index (χ1v) is 11.2. The van der Waals surface area contributed by atoms with Crippen molar-refractivity contribution in [2.24, 2.45) is 4.99 Å². The molecule has 1 unspecified atom stereocenters. The van der Waals surface area contributed by atoms with Gasteiger partial charge in [-0.2, -0.15) is 5.10 Å². The minimum Gasteiger partial charge on any atom is -0.357 e. The molecule has 1 aromatic carbocycles. The lowest BCUT2D eigenvalue weighted by molar-refractivity contribution is 0.581. The number of rotatable bonds is 9. The van der Waals surface area contributed by atoms with Crippen molar-refractivity contribution in [1.82, 2.24) is 20.4 Å². The Balaban J connectivity index is 0.00000392. The summed E-state index contributed by atoms with van der Waals surface area (Å²) in [6.45, 7) is 5.94. The maximum Gasteiger partial charge on any atom is 0.191 e. The van der Waals surface area contributed by atoms with Gasteiger partial charge in [0.25, 0.3) is 0 Å². The molecule has 1 atom stereocenters. The van der Waals surface area contributed by atoms with Gasteiger partial charge in [0.2, 0.25) is 0 Å². The molecule has 0 saturated heterocycles. The summed E-state index contributed by atoms with van der Waals surface area (Å²) in [6.07, 6.45) is 5.51. The van der Waals surface area contributed by atoms with Gasteiger partial charge in [-0.1, -0.05) is 24.3 Å². The van der Waals surface area contributed by atoms with E-state index in [1.807, 2.05) is 42.9 Å². The maximum atomic E-state index is 11.3. The van der Waals surface area contributed by atoms with Gasteiger partial charge >= 0.3 is 0 Å². The Labute approximate surface area is 185 Å². The number of nitrogens with one attached hydrogen (secondary N) is 2. The van der Waals surface area contributed by atoms with Gasteiger partial charge in [0.15, 0.2) is 5.96 Å². The van der Waals surface area contributed by atoms with Crippen LogP contribution in [0.2, 0.25) is 0 Å². The number of sulfone groups is 1. The molecular formula is C19H30IN5O2S. The van der Waals surface area contributed by atoms with Gasteiger partial charge in [0.05, 0.1) is 18.8 Å². The molecule has 7 nitrogen and oxygen atoms in total. The van der Waals surface area contributed by atoms with Crippen molar-refractivity contribution in [1.29, 1.82) is 0 Å². The van der Waals surface area contributed by atoms with Crippen LogP contribution in [0.5, 0.6) is 0 Å². The second-order valence-corrected chi connectivity index (χ2v) is 8.89. The van der Waals surface area contributed by atoms with E-state index in [1.165, 1.54) is 11.8 Å². The molecule has 1 aromatic heterocycles. The molecule has 0 bridgehead atoms. The minimum atomic E-state index is -2.96. The fraction of sp³-hybridized carbons (Fsp3) is 0.474. The zero-order valence-corrected chi connectivity index (χ0v) is 19.8. The molecular weight excluding hydrogens is 489 g/mol. The highest BCUT2D eigenvalue weighted by Gasteiger charge is 2.10. The van der Waals surface area contributed by atoms with Crippen molar-refractivity contribution in [3.05, 3.63) is 53.9 Å². The van der Waals surface area contributed by atoms with Crippen LogP contribution in [0.3, 0.4) is 0 Å². The molecule has 0 fully saturated rings. The van der Waals surface area contributed by atoms with E-state index in [2.05, 4.69) is 32.9 Å². The highest BCUT2D eigenvalue weighted by atomic mass is 127. The van der Waals surface area contributed by atoms with E-state index < -0.39 is 9.84 Å². The lowest BCUT2D eigenvalue weighted by Gasteiger charge is -2.18. The van der Waals surface area contributed by atoms with E-state index >= 15 is 0 Å². The summed E-state index contributed by atoms with van der Waals surface area (Å²) in [7, 11) is -2.96. The van der Waals surface area contributed by atoms with Gasteiger partial charge in [-0.3, -0.25) is 4.68 Å². The summed E-state index contributed by atoms with van der Waals surface area (Å²) in [5.74, 6) is 0.847. The van der Waals surface area contributed by atoms with Crippen LogP contribution in [0.1, 0.15) is 31.4 Å². The predicted octanol–water partition coefficient (Wildman–Crippen LogP) is 2.43. The van der Waals surface area contributed by atoms with Crippen molar-refractivity contribution in [2.75, 3.05) is 18.6 Å². The van der Waals surface area contributed by atoms with Crippen LogP contribution < -0.4 is 10.6 Å². The smallest absolute Gasteiger partial charge is 0.191 e. The summed E-state index contributed by atoms with van der Waals surface area (Å²) >= 11 is 0. The molecule has 0 saturated carbocycles. The van der Waals surface area contributed by atoms with Crippen molar-refractivity contribution in [3.8, 4) is 0 Å². The topological polar surface area (TPSA) is 88.4 Å². The van der Waals surface area contributed by atoms with Crippen molar-refractivity contribution in [3.63, 3.8) is 0 Å². The van der Waals surface area contributed by atoms with Crippen LogP contribution in [0, 0.1) is 0 Å². The van der Waals surface area contributed by atoms with Crippen molar-refractivity contribution >= 4 is 39.8 Å². The summed E-state index contributed by atoms with van der Waals surface area (Å²) in [5.41, 5.74) is 2.31. The summed E-state index contributed by atoms with van der Waals surface area (Å²) < 4.78 is 24.6. The molecule has 2 rings (SSSR count). The number of aromatic nitrogens is 2. The molecule has 0 spiro atoms. The molecule has 156 valence electrons. The Kier molecular flexibility index (Phi) is 10.5. The maximum absolute atomic E-state index is 11.3. The van der Waals surface area contributed by atoms with Crippen LogP contribution in [-0.4, -0.2) is 48.8 Å². The molecule has 0 aliphatic heterocycles. The Morgan fingerprint density at radius 3 is 2.57 bits per heavy atom. The molecule has 0 aliphatic carbocycles. The van der Waals surface area contributed by atoms with Gasteiger partial charge in [0, 0.05) is 31.2 Å². The fourth-order valence-corrected chi connectivity index (χ4v) is 3.40. The summed E-state index contributed by atoms with van der Waals surface area (Å²) in [5, 5.41) is 10.8. The molecule has 28 heavy (non-hydrogen) atoms. The number of benzene rings is 1. The molecule has 0 radical (unpaired) electrons. The molecule has 1 heterocycles. The number of nitrogens with zero attached hydrogens (tertiary/aromatic N) is 3. The van der Waals surface area contributed by atoms with Gasteiger partial charge in [-0.05, 0) is 37.5 Å². The highest BCUT2D eigenvalue weighted by molar-refractivity contribution is 14.0. The largest absolute Gasteiger partial charge is 0.357 e. The zero-order valence-electron chi connectivity index (χ0n) is 16.6. The quantitative estimate of drug-likeness (QED) is 0.302. The lowest BCUT2D eigenvalue weighted by Crippen LogP contribution is -2.42. The van der Waals surface area contributed by atoms with Crippen LogP contribution in [0.4, 0.5) is 0 Å².